The zero-order chi connectivity index (χ0) is 12.5. The number of amides is 1. The van der Waals surface area contributed by atoms with E-state index < -0.39 is 5.91 Å². The van der Waals surface area contributed by atoms with Crippen molar-refractivity contribution in [3.8, 4) is 5.69 Å². The van der Waals surface area contributed by atoms with Gasteiger partial charge in [0.15, 0.2) is 0 Å². The van der Waals surface area contributed by atoms with Gasteiger partial charge in [-0.3, -0.25) is 4.79 Å². The Morgan fingerprint density at radius 3 is 2.78 bits per heavy atom. The summed E-state index contributed by atoms with van der Waals surface area (Å²) in [6.07, 6.45) is 3.57. The van der Waals surface area contributed by atoms with Crippen LogP contribution in [0.3, 0.4) is 0 Å². The van der Waals surface area contributed by atoms with E-state index in [2.05, 4.69) is 10.1 Å². The van der Waals surface area contributed by atoms with Crippen molar-refractivity contribution in [3.63, 3.8) is 0 Å². The number of carbonyl (C=O) groups excluding carboxylic acids is 1. The van der Waals surface area contributed by atoms with E-state index in [0.29, 0.717) is 0 Å². The van der Waals surface area contributed by atoms with Crippen molar-refractivity contribution in [2.75, 3.05) is 0 Å². The number of pyridine rings is 1. The number of aromatic nitrogens is 3. The van der Waals surface area contributed by atoms with Crippen LogP contribution in [0.25, 0.3) is 16.6 Å². The molecule has 0 radical (unpaired) electrons. The number of nitrogens with zero attached hydrogens (tertiary/aromatic N) is 3. The quantitative estimate of drug-likeness (QED) is 0.735. The molecule has 0 unspecified atom stereocenters. The first-order valence-electron chi connectivity index (χ1n) is 5.45. The van der Waals surface area contributed by atoms with Gasteiger partial charge in [0.2, 0.25) is 0 Å². The maximum Gasteiger partial charge on any atom is 0.267 e. The van der Waals surface area contributed by atoms with Crippen molar-refractivity contribution >= 4 is 16.8 Å². The van der Waals surface area contributed by atoms with E-state index in [-0.39, 0.29) is 5.69 Å². The molecular weight excluding hydrogens is 228 g/mol. The molecule has 0 fully saturated rings. The lowest BCUT2D eigenvalue weighted by atomic mass is 10.1. The van der Waals surface area contributed by atoms with Gasteiger partial charge in [-0.1, -0.05) is 6.07 Å². The van der Waals surface area contributed by atoms with Crippen LogP contribution in [0.5, 0.6) is 0 Å². The zero-order valence-electron chi connectivity index (χ0n) is 9.45. The van der Waals surface area contributed by atoms with Gasteiger partial charge < -0.3 is 5.73 Å². The fraction of sp³-hybridized carbons (Fsp3) is 0. The summed E-state index contributed by atoms with van der Waals surface area (Å²) in [6.45, 7) is 0. The number of fused-ring (bicyclic) bond motifs is 1. The van der Waals surface area contributed by atoms with Crippen LogP contribution >= 0.6 is 0 Å². The average molecular weight is 238 g/mol. The molecule has 88 valence electrons. The normalized spacial score (nSPS) is 10.7. The largest absolute Gasteiger partial charge is 0.364 e. The molecule has 18 heavy (non-hydrogen) atoms. The third kappa shape index (κ3) is 1.62. The summed E-state index contributed by atoms with van der Waals surface area (Å²) < 4.78 is 1.76. The molecule has 0 saturated carbocycles. The lowest BCUT2D eigenvalue weighted by Gasteiger charge is -2.06. The van der Waals surface area contributed by atoms with E-state index >= 15 is 0 Å². The van der Waals surface area contributed by atoms with Gasteiger partial charge in [0.05, 0.1) is 11.2 Å². The second-order valence-electron chi connectivity index (χ2n) is 3.86. The van der Waals surface area contributed by atoms with Crippen LogP contribution < -0.4 is 5.73 Å². The molecule has 5 nitrogen and oxygen atoms in total. The molecular formula is C13H10N4O. The summed E-state index contributed by atoms with van der Waals surface area (Å²) in [4.78, 5) is 15.3. The Bertz CT molecular complexity index is 719. The Kier molecular flexibility index (Phi) is 2.30. The third-order valence-corrected chi connectivity index (χ3v) is 2.71. The van der Waals surface area contributed by atoms with Gasteiger partial charge in [0, 0.05) is 17.8 Å². The monoisotopic (exact) mass is 238 g/mol. The molecule has 0 spiro atoms. The van der Waals surface area contributed by atoms with Gasteiger partial charge in [-0.15, -0.1) is 0 Å². The molecule has 2 heterocycles. The highest BCUT2D eigenvalue weighted by atomic mass is 16.1. The fourth-order valence-corrected chi connectivity index (χ4v) is 1.89. The molecule has 2 N–H and O–H groups in total. The summed E-state index contributed by atoms with van der Waals surface area (Å²) in [5.41, 5.74) is 7.12. The van der Waals surface area contributed by atoms with E-state index in [1.807, 2.05) is 36.5 Å². The van der Waals surface area contributed by atoms with Gasteiger partial charge in [0.25, 0.3) is 5.91 Å². The molecule has 1 aromatic carbocycles. The van der Waals surface area contributed by atoms with Crippen molar-refractivity contribution in [1.82, 2.24) is 14.8 Å². The van der Waals surface area contributed by atoms with Gasteiger partial charge >= 0.3 is 0 Å². The molecule has 0 aliphatic rings. The first-order chi connectivity index (χ1) is 8.75. The zero-order valence-corrected chi connectivity index (χ0v) is 9.45. The second-order valence-corrected chi connectivity index (χ2v) is 3.86. The number of primary amides is 1. The molecule has 0 bridgehead atoms. The summed E-state index contributed by atoms with van der Waals surface area (Å²) >= 11 is 0. The summed E-state index contributed by atoms with van der Waals surface area (Å²) in [5.74, 6) is -0.526. The molecule has 5 heteroatoms. The van der Waals surface area contributed by atoms with Gasteiger partial charge in [0.1, 0.15) is 5.69 Å². The average Bonchev–Trinajstić information content (AvgIpc) is 2.91. The molecule has 0 atom stereocenters. The van der Waals surface area contributed by atoms with E-state index in [1.165, 1.54) is 0 Å². The Morgan fingerprint density at radius 2 is 2.06 bits per heavy atom. The predicted octanol–water partition coefficient (Wildman–Crippen LogP) is 1.52. The Hall–Kier alpha value is -2.69. The molecule has 0 aliphatic carbocycles. The topological polar surface area (TPSA) is 73.8 Å². The summed E-state index contributed by atoms with van der Waals surface area (Å²) in [7, 11) is 0. The molecule has 2 aromatic heterocycles. The highest BCUT2D eigenvalue weighted by Crippen LogP contribution is 2.20. The number of rotatable bonds is 2. The minimum atomic E-state index is -0.526. The van der Waals surface area contributed by atoms with Crippen LogP contribution in [0.15, 0.2) is 48.8 Å². The van der Waals surface area contributed by atoms with Crippen LogP contribution in [0, 0.1) is 0 Å². The molecule has 0 aliphatic heterocycles. The van der Waals surface area contributed by atoms with E-state index in [0.717, 1.165) is 16.6 Å². The lowest BCUT2D eigenvalue weighted by Crippen LogP contribution is -2.12. The predicted molar refractivity (Wildman–Crippen MR) is 67.4 cm³/mol. The fourth-order valence-electron chi connectivity index (χ4n) is 1.89. The highest BCUT2D eigenvalue weighted by molar-refractivity contribution is 5.95. The van der Waals surface area contributed by atoms with Crippen LogP contribution in [-0.4, -0.2) is 20.7 Å². The number of carbonyl (C=O) groups is 1. The van der Waals surface area contributed by atoms with Crippen LogP contribution in [0.1, 0.15) is 10.5 Å². The standard InChI is InChI=1S/C13H10N4O/c14-13(18)11-6-5-9-10(16-11)3-1-4-12(9)17-8-2-7-15-17/h1-8H,(H2,14,18). The number of nitrogens with two attached hydrogens (primary N) is 1. The Balaban J connectivity index is 2.26. The second kappa shape index (κ2) is 3.96. The smallest absolute Gasteiger partial charge is 0.267 e. The van der Waals surface area contributed by atoms with Crippen molar-refractivity contribution in [2.24, 2.45) is 5.73 Å². The van der Waals surface area contributed by atoms with Gasteiger partial charge in [-0.25, -0.2) is 9.67 Å². The van der Waals surface area contributed by atoms with Crippen LogP contribution in [0.4, 0.5) is 0 Å². The number of hydrogen-bond acceptors (Lipinski definition) is 3. The first kappa shape index (κ1) is 10.5. The maximum absolute atomic E-state index is 11.1. The van der Waals surface area contributed by atoms with Gasteiger partial charge in [-0.05, 0) is 30.3 Å². The van der Waals surface area contributed by atoms with Crippen molar-refractivity contribution in [3.05, 3.63) is 54.5 Å². The molecule has 1 amide bonds. The van der Waals surface area contributed by atoms with E-state index in [4.69, 9.17) is 5.73 Å². The van der Waals surface area contributed by atoms with Crippen molar-refractivity contribution in [2.45, 2.75) is 0 Å². The summed E-state index contributed by atoms with van der Waals surface area (Å²) in [5, 5.41) is 5.11. The SMILES string of the molecule is NC(=O)c1ccc2c(-n3cccn3)cccc2n1. The van der Waals surface area contributed by atoms with Crippen LogP contribution in [-0.2, 0) is 0 Å². The summed E-state index contributed by atoms with van der Waals surface area (Å²) in [6, 6.07) is 11.0. The Labute approximate surface area is 103 Å². The lowest BCUT2D eigenvalue weighted by molar-refractivity contribution is 0.0996. The van der Waals surface area contributed by atoms with E-state index in [1.54, 1.807) is 16.9 Å². The number of benzene rings is 1. The highest BCUT2D eigenvalue weighted by Gasteiger charge is 2.07. The Morgan fingerprint density at radius 1 is 1.17 bits per heavy atom. The minimum absolute atomic E-state index is 0.264. The van der Waals surface area contributed by atoms with Crippen molar-refractivity contribution < 1.29 is 4.79 Å². The maximum atomic E-state index is 11.1. The molecule has 3 aromatic rings. The van der Waals surface area contributed by atoms with Crippen LogP contribution in [0.2, 0.25) is 0 Å². The first-order valence-corrected chi connectivity index (χ1v) is 5.45. The van der Waals surface area contributed by atoms with Gasteiger partial charge in [-0.2, -0.15) is 5.10 Å². The van der Waals surface area contributed by atoms with Crippen molar-refractivity contribution in [1.29, 1.82) is 0 Å². The van der Waals surface area contributed by atoms with E-state index in [9.17, 15) is 4.79 Å². The third-order valence-electron chi connectivity index (χ3n) is 2.71. The molecule has 3 rings (SSSR count). The number of hydrogen-bond donors (Lipinski definition) is 1. The minimum Gasteiger partial charge on any atom is -0.364 e. The molecule has 0 saturated heterocycles.